The molecule has 0 atom stereocenters. The molecule has 4 heteroatoms. The van der Waals surface area contributed by atoms with Crippen LogP contribution in [0.1, 0.15) is 0 Å². The van der Waals surface area contributed by atoms with Crippen LogP contribution in [0.25, 0.3) is 0 Å². The number of thiophene rings is 1. The number of nitrogens with two attached hydrogens (primary N) is 1. The van der Waals surface area contributed by atoms with Gasteiger partial charge in [-0.2, -0.15) is 0 Å². The van der Waals surface area contributed by atoms with Crippen LogP contribution in [0.4, 0.5) is 5.69 Å². The van der Waals surface area contributed by atoms with E-state index in [1.165, 1.54) is 11.3 Å². The third-order valence-electron chi connectivity index (χ3n) is 0.874. The van der Waals surface area contributed by atoms with Gasteiger partial charge in [0.15, 0.2) is 0 Å². The molecule has 0 aliphatic heterocycles. The maximum atomic E-state index is 5.63. The van der Waals surface area contributed by atoms with Crippen molar-refractivity contribution in [3.63, 3.8) is 0 Å². The standard InChI is InChI=1S/C5H7ClN2S/c6-5-1-4(2-9-5)8-3-7/h1-2,8H,3,7H2. The molecule has 2 nitrogen and oxygen atoms in total. The van der Waals surface area contributed by atoms with Gasteiger partial charge in [0.2, 0.25) is 0 Å². The number of rotatable bonds is 2. The summed E-state index contributed by atoms with van der Waals surface area (Å²) >= 11 is 7.13. The van der Waals surface area contributed by atoms with Gasteiger partial charge in [-0.25, -0.2) is 0 Å². The van der Waals surface area contributed by atoms with E-state index in [0.29, 0.717) is 6.67 Å². The second-order valence-electron chi connectivity index (χ2n) is 1.52. The molecule has 0 aromatic carbocycles. The Bertz CT molecular complexity index is 187. The van der Waals surface area contributed by atoms with Gasteiger partial charge in [-0.1, -0.05) is 11.6 Å². The first-order valence-corrected chi connectivity index (χ1v) is 3.76. The first kappa shape index (κ1) is 6.86. The van der Waals surface area contributed by atoms with Crippen LogP contribution >= 0.6 is 22.9 Å². The van der Waals surface area contributed by atoms with E-state index in [1.807, 2.05) is 11.4 Å². The van der Waals surface area contributed by atoms with E-state index in [9.17, 15) is 0 Å². The third-order valence-corrected chi connectivity index (χ3v) is 1.96. The number of hydrogen-bond acceptors (Lipinski definition) is 3. The monoisotopic (exact) mass is 162 g/mol. The Morgan fingerprint density at radius 1 is 1.78 bits per heavy atom. The zero-order valence-electron chi connectivity index (χ0n) is 4.73. The number of halogens is 1. The molecule has 1 rings (SSSR count). The molecular formula is C5H7ClN2S. The van der Waals surface area contributed by atoms with Gasteiger partial charge in [-0.05, 0) is 6.07 Å². The first-order chi connectivity index (χ1) is 4.33. The van der Waals surface area contributed by atoms with Crippen molar-refractivity contribution in [3.8, 4) is 0 Å². The topological polar surface area (TPSA) is 38.0 Å². The largest absolute Gasteiger partial charge is 0.372 e. The second-order valence-corrected chi connectivity index (χ2v) is 3.06. The molecular weight excluding hydrogens is 156 g/mol. The maximum absolute atomic E-state index is 5.63. The fourth-order valence-electron chi connectivity index (χ4n) is 0.521. The van der Waals surface area contributed by atoms with Gasteiger partial charge in [0.1, 0.15) is 0 Å². The fraction of sp³-hybridized carbons (Fsp3) is 0.200. The molecule has 9 heavy (non-hydrogen) atoms. The van der Waals surface area contributed by atoms with Gasteiger partial charge in [0.05, 0.1) is 11.0 Å². The summed E-state index contributed by atoms with van der Waals surface area (Å²) in [5, 5.41) is 4.86. The molecule has 1 heterocycles. The molecule has 50 valence electrons. The fourth-order valence-corrected chi connectivity index (χ4v) is 1.36. The van der Waals surface area contributed by atoms with E-state index < -0.39 is 0 Å². The highest BCUT2D eigenvalue weighted by molar-refractivity contribution is 7.14. The Hall–Kier alpha value is -0.250. The quantitative estimate of drug-likeness (QED) is 0.651. The van der Waals surface area contributed by atoms with Gasteiger partial charge < -0.3 is 11.1 Å². The van der Waals surface area contributed by atoms with Crippen molar-refractivity contribution in [2.45, 2.75) is 0 Å². The number of nitrogens with one attached hydrogen (secondary N) is 1. The lowest BCUT2D eigenvalue weighted by Crippen LogP contribution is -2.09. The van der Waals surface area contributed by atoms with Gasteiger partial charge in [0, 0.05) is 11.1 Å². The summed E-state index contributed by atoms with van der Waals surface area (Å²) in [5.41, 5.74) is 6.21. The van der Waals surface area contributed by atoms with Crippen LogP contribution in [-0.4, -0.2) is 6.67 Å². The zero-order valence-corrected chi connectivity index (χ0v) is 6.30. The molecule has 0 bridgehead atoms. The van der Waals surface area contributed by atoms with Crippen LogP contribution in [0.15, 0.2) is 11.4 Å². The molecule has 0 aliphatic carbocycles. The van der Waals surface area contributed by atoms with Crippen LogP contribution in [0.5, 0.6) is 0 Å². The van der Waals surface area contributed by atoms with E-state index in [1.54, 1.807) is 0 Å². The third kappa shape index (κ3) is 1.86. The predicted molar refractivity (Wildman–Crippen MR) is 42.0 cm³/mol. The summed E-state index contributed by atoms with van der Waals surface area (Å²) in [4.78, 5) is 0. The molecule has 0 radical (unpaired) electrons. The van der Waals surface area contributed by atoms with Gasteiger partial charge in [-0.15, -0.1) is 11.3 Å². The average Bonchev–Trinajstić information content (AvgIpc) is 2.17. The number of hydrogen-bond donors (Lipinski definition) is 2. The molecule has 1 aromatic rings. The minimum absolute atomic E-state index is 0.451. The minimum atomic E-state index is 0.451. The Morgan fingerprint density at radius 3 is 3.00 bits per heavy atom. The van der Waals surface area contributed by atoms with E-state index in [2.05, 4.69) is 5.32 Å². The smallest absolute Gasteiger partial charge is 0.0949 e. The highest BCUT2D eigenvalue weighted by Crippen LogP contribution is 2.23. The Kier molecular flexibility index (Phi) is 2.33. The van der Waals surface area contributed by atoms with Crippen molar-refractivity contribution < 1.29 is 0 Å². The highest BCUT2D eigenvalue weighted by atomic mass is 35.5. The molecule has 0 spiro atoms. The minimum Gasteiger partial charge on any atom is -0.372 e. The molecule has 1 aromatic heterocycles. The Labute approximate surface area is 62.6 Å². The molecule has 0 saturated carbocycles. The van der Waals surface area contributed by atoms with E-state index in [4.69, 9.17) is 17.3 Å². The summed E-state index contributed by atoms with van der Waals surface area (Å²) in [7, 11) is 0. The summed E-state index contributed by atoms with van der Waals surface area (Å²) in [6.45, 7) is 0.451. The molecule has 0 aliphatic rings. The lowest BCUT2D eigenvalue weighted by Gasteiger charge is -1.94. The highest BCUT2D eigenvalue weighted by Gasteiger charge is 1.92. The summed E-state index contributed by atoms with van der Waals surface area (Å²) < 4.78 is 0.783. The second kappa shape index (κ2) is 3.06. The summed E-state index contributed by atoms with van der Waals surface area (Å²) in [6.07, 6.45) is 0. The zero-order chi connectivity index (χ0) is 6.69. The van der Waals surface area contributed by atoms with Crippen molar-refractivity contribution in [3.05, 3.63) is 15.8 Å². The lowest BCUT2D eigenvalue weighted by atomic mass is 10.5. The van der Waals surface area contributed by atoms with Crippen LogP contribution in [0, 0.1) is 0 Å². The molecule has 0 saturated heterocycles. The summed E-state index contributed by atoms with van der Waals surface area (Å²) in [5.74, 6) is 0. The maximum Gasteiger partial charge on any atom is 0.0949 e. The Balaban J connectivity index is 2.61. The van der Waals surface area contributed by atoms with Crippen molar-refractivity contribution >= 4 is 28.6 Å². The van der Waals surface area contributed by atoms with E-state index in [0.717, 1.165) is 10.0 Å². The number of anilines is 1. The molecule has 0 fully saturated rings. The lowest BCUT2D eigenvalue weighted by molar-refractivity contribution is 1.15. The SMILES string of the molecule is NCNc1csc(Cl)c1. The van der Waals surface area contributed by atoms with E-state index in [-0.39, 0.29) is 0 Å². The average molecular weight is 163 g/mol. The first-order valence-electron chi connectivity index (χ1n) is 2.51. The van der Waals surface area contributed by atoms with Crippen molar-refractivity contribution in [2.75, 3.05) is 12.0 Å². The van der Waals surface area contributed by atoms with Crippen LogP contribution in [0.3, 0.4) is 0 Å². The Morgan fingerprint density at radius 2 is 2.56 bits per heavy atom. The normalized spacial score (nSPS) is 9.56. The van der Waals surface area contributed by atoms with Crippen LogP contribution in [0.2, 0.25) is 4.34 Å². The van der Waals surface area contributed by atoms with Crippen molar-refractivity contribution in [1.82, 2.24) is 0 Å². The van der Waals surface area contributed by atoms with Crippen molar-refractivity contribution in [2.24, 2.45) is 5.73 Å². The van der Waals surface area contributed by atoms with Crippen LogP contribution < -0.4 is 11.1 Å². The van der Waals surface area contributed by atoms with Gasteiger partial charge in [-0.3, -0.25) is 0 Å². The molecule has 0 unspecified atom stereocenters. The van der Waals surface area contributed by atoms with E-state index >= 15 is 0 Å². The van der Waals surface area contributed by atoms with Crippen LogP contribution in [-0.2, 0) is 0 Å². The van der Waals surface area contributed by atoms with Crippen molar-refractivity contribution in [1.29, 1.82) is 0 Å². The predicted octanol–water partition coefficient (Wildman–Crippen LogP) is 1.73. The van der Waals surface area contributed by atoms with Gasteiger partial charge in [0.25, 0.3) is 0 Å². The van der Waals surface area contributed by atoms with Gasteiger partial charge >= 0.3 is 0 Å². The molecule has 0 amide bonds. The summed E-state index contributed by atoms with van der Waals surface area (Å²) in [6, 6.07) is 1.85. The molecule has 3 N–H and O–H groups in total.